The Labute approximate surface area is 226 Å². The fourth-order valence-electron chi connectivity index (χ4n) is 6.31. The normalized spacial score (nSPS) is 18.7. The van der Waals surface area contributed by atoms with E-state index in [1.54, 1.807) is 0 Å². The average molecular weight is 511 g/mol. The number of amides is 1. The third kappa shape index (κ3) is 5.70. The van der Waals surface area contributed by atoms with Crippen LogP contribution in [0.2, 0.25) is 0 Å². The topological polar surface area (TPSA) is 48.9 Å². The predicted octanol–water partition coefficient (Wildman–Crippen LogP) is 4.97. The first-order chi connectivity index (χ1) is 18.7. The van der Waals surface area contributed by atoms with Crippen LogP contribution in [0.4, 0.5) is 5.69 Å². The second-order valence-corrected chi connectivity index (χ2v) is 10.9. The van der Waals surface area contributed by atoms with E-state index in [1.807, 2.05) is 53.7 Å². The lowest BCUT2D eigenvalue weighted by Gasteiger charge is -2.36. The van der Waals surface area contributed by atoms with E-state index in [2.05, 4.69) is 33.0 Å². The van der Waals surface area contributed by atoms with E-state index in [0.717, 1.165) is 74.2 Å². The average Bonchev–Trinajstić information content (AvgIpc) is 3.44. The summed E-state index contributed by atoms with van der Waals surface area (Å²) in [5.41, 5.74) is 5.81. The minimum absolute atomic E-state index is 0.0954. The summed E-state index contributed by atoms with van der Waals surface area (Å²) in [6.07, 6.45) is 11.4. The Morgan fingerprint density at radius 2 is 1.61 bits per heavy atom. The van der Waals surface area contributed by atoms with Crippen molar-refractivity contribution in [2.24, 2.45) is 0 Å². The highest BCUT2D eigenvalue weighted by Gasteiger charge is 2.25. The van der Waals surface area contributed by atoms with E-state index in [-0.39, 0.29) is 5.91 Å². The van der Waals surface area contributed by atoms with Gasteiger partial charge in [0, 0.05) is 69.0 Å². The van der Waals surface area contributed by atoms with Gasteiger partial charge in [0.05, 0.1) is 0 Å². The SMILES string of the molecule is O=C(c1cccc(COc2ccc3c(c2)CCN(C2CCCC2)CC3)c1)N1CCN(c2ccncc2)CC1. The molecule has 6 nitrogen and oxygen atoms in total. The highest BCUT2D eigenvalue weighted by atomic mass is 16.5. The van der Waals surface area contributed by atoms with E-state index in [1.165, 1.54) is 43.4 Å². The fraction of sp³-hybridized carbons (Fsp3) is 0.438. The van der Waals surface area contributed by atoms with Crippen LogP contribution in [-0.4, -0.2) is 66.0 Å². The number of carbonyl (C=O) groups excluding carboxylic acids is 1. The smallest absolute Gasteiger partial charge is 0.253 e. The lowest BCUT2D eigenvalue weighted by molar-refractivity contribution is 0.0746. The first-order valence-electron chi connectivity index (χ1n) is 14.2. The zero-order valence-corrected chi connectivity index (χ0v) is 22.2. The van der Waals surface area contributed by atoms with Gasteiger partial charge in [0.2, 0.25) is 0 Å². The largest absolute Gasteiger partial charge is 0.489 e. The summed E-state index contributed by atoms with van der Waals surface area (Å²) in [5, 5.41) is 0. The standard InChI is InChI=1S/C32H38N4O2/c37-32(36-20-18-35(19-21-36)30-10-14-33-15-11-30)28-5-3-4-25(22-28)24-38-31-9-8-26-12-16-34(17-13-27(26)23-31)29-6-1-2-7-29/h3-5,8-11,14-15,22-23,29H,1-2,6-7,12-13,16-21,24H2. The highest BCUT2D eigenvalue weighted by Crippen LogP contribution is 2.28. The number of ether oxygens (including phenoxy) is 1. The molecule has 3 aliphatic rings. The first-order valence-corrected chi connectivity index (χ1v) is 14.2. The number of hydrogen-bond acceptors (Lipinski definition) is 5. The van der Waals surface area contributed by atoms with E-state index in [4.69, 9.17) is 4.74 Å². The molecule has 2 fully saturated rings. The van der Waals surface area contributed by atoms with Crippen molar-refractivity contribution in [3.05, 3.63) is 89.2 Å². The molecule has 0 atom stereocenters. The lowest BCUT2D eigenvalue weighted by atomic mass is 10.0. The number of piperazine rings is 1. The van der Waals surface area contributed by atoms with Gasteiger partial charge in [-0.05, 0) is 78.8 Å². The van der Waals surface area contributed by atoms with Crippen LogP contribution in [0.15, 0.2) is 67.0 Å². The van der Waals surface area contributed by atoms with Gasteiger partial charge in [-0.1, -0.05) is 31.0 Å². The van der Waals surface area contributed by atoms with Crippen LogP contribution in [0.3, 0.4) is 0 Å². The monoisotopic (exact) mass is 510 g/mol. The maximum absolute atomic E-state index is 13.2. The molecule has 38 heavy (non-hydrogen) atoms. The third-order valence-corrected chi connectivity index (χ3v) is 8.53. The molecular formula is C32H38N4O2. The predicted molar refractivity (Wildman–Crippen MR) is 151 cm³/mol. The van der Waals surface area contributed by atoms with E-state index in [0.29, 0.717) is 6.61 Å². The summed E-state index contributed by atoms with van der Waals surface area (Å²) in [6.45, 7) is 5.89. The van der Waals surface area contributed by atoms with Crippen molar-refractivity contribution in [2.45, 2.75) is 51.2 Å². The molecule has 2 aromatic carbocycles. The number of anilines is 1. The van der Waals surface area contributed by atoms with Crippen LogP contribution in [0.25, 0.3) is 0 Å². The molecule has 198 valence electrons. The van der Waals surface area contributed by atoms with Crippen LogP contribution in [0.1, 0.15) is 52.7 Å². The first kappa shape index (κ1) is 24.9. The zero-order chi connectivity index (χ0) is 25.7. The van der Waals surface area contributed by atoms with E-state index >= 15 is 0 Å². The van der Waals surface area contributed by atoms with Gasteiger partial charge in [-0.25, -0.2) is 0 Å². The Morgan fingerprint density at radius 1 is 0.842 bits per heavy atom. The van der Waals surface area contributed by atoms with Crippen LogP contribution in [0, 0.1) is 0 Å². The van der Waals surface area contributed by atoms with Crippen molar-refractivity contribution in [3.8, 4) is 5.75 Å². The van der Waals surface area contributed by atoms with Crippen molar-refractivity contribution >= 4 is 11.6 Å². The molecular weight excluding hydrogens is 472 g/mol. The minimum atomic E-state index is 0.0954. The molecule has 1 amide bonds. The number of pyridine rings is 1. The molecule has 1 aliphatic carbocycles. The Morgan fingerprint density at radius 3 is 2.39 bits per heavy atom. The van der Waals surface area contributed by atoms with Crippen molar-refractivity contribution in [3.63, 3.8) is 0 Å². The second-order valence-electron chi connectivity index (χ2n) is 10.9. The number of aromatic nitrogens is 1. The summed E-state index contributed by atoms with van der Waals surface area (Å²) in [4.78, 5) is 24.3. The number of fused-ring (bicyclic) bond motifs is 1. The molecule has 2 aliphatic heterocycles. The number of benzene rings is 2. The molecule has 1 aromatic heterocycles. The van der Waals surface area contributed by atoms with Crippen molar-refractivity contribution in [1.29, 1.82) is 0 Å². The van der Waals surface area contributed by atoms with Crippen LogP contribution >= 0.6 is 0 Å². The summed E-state index contributed by atoms with van der Waals surface area (Å²) in [6, 6.07) is 19.4. The van der Waals surface area contributed by atoms with Gasteiger partial charge in [0.1, 0.15) is 12.4 Å². The molecule has 6 heteroatoms. The molecule has 1 saturated heterocycles. The zero-order valence-electron chi connectivity index (χ0n) is 22.2. The van der Waals surface area contributed by atoms with Crippen LogP contribution in [0.5, 0.6) is 5.75 Å². The number of rotatable bonds is 6. The fourth-order valence-corrected chi connectivity index (χ4v) is 6.31. The van der Waals surface area contributed by atoms with Gasteiger partial charge in [-0.2, -0.15) is 0 Å². The van der Waals surface area contributed by atoms with Gasteiger partial charge in [-0.3, -0.25) is 14.7 Å². The maximum Gasteiger partial charge on any atom is 0.253 e. The Balaban J connectivity index is 1.04. The maximum atomic E-state index is 13.2. The van der Waals surface area contributed by atoms with E-state index in [9.17, 15) is 4.79 Å². The second kappa shape index (κ2) is 11.6. The number of nitrogens with zero attached hydrogens (tertiary/aromatic N) is 4. The summed E-state index contributed by atoms with van der Waals surface area (Å²) in [5.74, 6) is 1.01. The molecule has 0 radical (unpaired) electrons. The molecule has 0 bridgehead atoms. The van der Waals surface area contributed by atoms with E-state index < -0.39 is 0 Å². The van der Waals surface area contributed by atoms with Gasteiger partial charge in [0.15, 0.2) is 0 Å². The summed E-state index contributed by atoms with van der Waals surface area (Å²) in [7, 11) is 0. The molecule has 3 aromatic rings. The number of carbonyl (C=O) groups is 1. The molecule has 0 N–H and O–H groups in total. The van der Waals surface area contributed by atoms with Gasteiger partial charge in [0.25, 0.3) is 5.91 Å². The van der Waals surface area contributed by atoms with Crippen molar-refractivity contribution < 1.29 is 9.53 Å². The van der Waals surface area contributed by atoms with Crippen LogP contribution in [-0.2, 0) is 19.4 Å². The quantitative estimate of drug-likeness (QED) is 0.469. The molecule has 0 spiro atoms. The van der Waals surface area contributed by atoms with Crippen molar-refractivity contribution in [1.82, 2.24) is 14.8 Å². The highest BCUT2D eigenvalue weighted by molar-refractivity contribution is 5.94. The molecule has 1 saturated carbocycles. The summed E-state index contributed by atoms with van der Waals surface area (Å²) >= 11 is 0. The summed E-state index contributed by atoms with van der Waals surface area (Å²) < 4.78 is 6.22. The van der Waals surface area contributed by atoms with Gasteiger partial charge < -0.3 is 14.5 Å². The molecule has 0 unspecified atom stereocenters. The molecule has 3 heterocycles. The minimum Gasteiger partial charge on any atom is -0.489 e. The lowest BCUT2D eigenvalue weighted by Crippen LogP contribution is -2.48. The molecule has 6 rings (SSSR count). The third-order valence-electron chi connectivity index (χ3n) is 8.53. The Bertz CT molecular complexity index is 1230. The van der Waals surface area contributed by atoms with Gasteiger partial charge in [-0.15, -0.1) is 0 Å². The van der Waals surface area contributed by atoms with Crippen LogP contribution < -0.4 is 9.64 Å². The Hall–Kier alpha value is -3.38. The van der Waals surface area contributed by atoms with Crippen molar-refractivity contribution in [2.75, 3.05) is 44.2 Å². The van der Waals surface area contributed by atoms with Gasteiger partial charge >= 0.3 is 0 Å². The Kier molecular flexibility index (Phi) is 7.59. The number of hydrogen-bond donors (Lipinski definition) is 0.